The fourth-order valence-electron chi connectivity index (χ4n) is 5.02. The number of nitrogens with two attached hydrogens (primary N) is 1. The van der Waals surface area contributed by atoms with Crippen LogP contribution in [0.4, 0.5) is 5.69 Å². The number of carbonyl (C=O) groups is 1. The Kier molecular flexibility index (Phi) is 5.87. The van der Waals surface area contributed by atoms with E-state index in [1.807, 2.05) is 17.8 Å². The quantitative estimate of drug-likeness (QED) is 0.850. The Morgan fingerprint density at radius 3 is 2.58 bits per heavy atom. The highest BCUT2D eigenvalue weighted by atomic mass is 32.2. The van der Waals surface area contributed by atoms with Crippen LogP contribution in [0.15, 0.2) is 24.3 Å². The average Bonchev–Trinajstić information content (AvgIpc) is 2.64. The zero-order valence-electron chi connectivity index (χ0n) is 15.5. The van der Waals surface area contributed by atoms with E-state index in [0.29, 0.717) is 17.9 Å². The minimum atomic E-state index is 0.129. The van der Waals surface area contributed by atoms with Gasteiger partial charge in [-0.25, -0.2) is 0 Å². The summed E-state index contributed by atoms with van der Waals surface area (Å²) in [6.07, 6.45) is 5.62. The summed E-state index contributed by atoms with van der Waals surface area (Å²) < 4.78 is 0. The second-order valence-corrected chi connectivity index (χ2v) is 9.46. The van der Waals surface area contributed by atoms with Crippen LogP contribution in [0.1, 0.15) is 37.7 Å². The Labute approximate surface area is 161 Å². The monoisotopic (exact) mass is 373 g/mol. The lowest BCUT2D eigenvalue weighted by molar-refractivity contribution is -0.122. The number of benzene rings is 1. The Morgan fingerprint density at radius 2 is 1.85 bits per heavy atom. The summed E-state index contributed by atoms with van der Waals surface area (Å²) in [6, 6.07) is 8.63. The number of rotatable bonds is 4. The summed E-state index contributed by atoms with van der Waals surface area (Å²) in [6.45, 7) is 3.20. The molecule has 4 nitrogen and oxygen atoms in total. The van der Waals surface area contributed by atoms with Crippen LogP contribution in [0.3, 0.4) is 0 Å². The first-order valence-electron chi connectivity index (χ1n) is 10.1. The van der Waals surface area contributed by atoms with Crippen molar-refractivity contribution >= 4 is 23.4 Å². The second kappa shape index (κ2) is 8.32. The molecule has 142 valence electrons. The van der Waals surface area contributed by atoms with Crippen LogP contribution in [0.2, 0.25) is 0 Å². The van der Waals surface area contributed by atoms with Crippen LogP contribution >= 0.6 is 11.8 Å². The van der Waals surface area contributed by atoms with Gasteiger partial charge in [-0.15, -0.1) is 0 Å². The topological polar surface area (TPSA) is 58.4 Å². The lowest BCUT2D eigenvalue weighted by Crippen LogP contribution is -2.48. The predicted octanol–water partition coefficient (Wildman–Crippen LogP) is 3.33. The molecule has 1 amide bonds. The number of nitrogens with one attached hydrogen (secondary N) is 1. The van der Waals surface area contributed by atoms with E-state index >= 15 is 0 Å². The molecule has 0 spiro atoms. The molecule has 1 aromatic carbocycles. The average molecular weight is 374 g/mol. The molecule has 2 atom stereocenters. The Bertz CT molecular complexity index is 617. The lowest BCUT2D eigenvalue weighted by Gasteiger charge is -2.43. The lowest BCUT2D eigenvalue weighted by atomic mass is 9.65. The van der Waals surface area contributed by atoms with Gasteiger partial charge in [-0.1, -0.05) is 24.6 Å². The van der Waals surface area contributed by atoms with Crippen molar-refractivity contribution in [3.63, 3.8) is 0 Å². The highest BCUT2D eigenvalue weighted by molar-refractivity contribution is 7.99. The molecular weight excluding hydrogens is 342 g/mol. The molecule has 1 aliphatic heterocycles. The Morgan fingerprint density at radius 1 is 1.15 bits per heavy atom. The predicted molar refractivity (Wildman–Crippen MR) is 109 cm³/mol. The second-order valence-electron chi connectivity index (χ2n) is 8.23. The highest BCUT2D eigenvalue weighted by Crippen LogP contribution is 2.42. The van der Waals surface area contributed by atoms with Gasteiger partial charge < -0.3 is 11.1 Å². The minimum Gasteiger partial charge on any atom is -0.327 e. The van der Waals surface area contributed by atoms with E-state index in [9.17, 15) is 4.79 Å². The van der Waals surface area contributed by atoms with Gasteiger partial charge in [0.2, 0.25) is 5.91 Å². The van der Waals surface area contributed by atoms with Gasteiger partial charge in [-0.05, 0) is 49.1 Å². The number of amides is 1. The van der Waals surface area contributed by atoms with E-state index in [1.54, 1.807) is 0 Å². The van der Waals surface area contributed by atoms with Crippen LogP contribution < -0.4 is 11.1 Å². The molecule has 2 aliphatic carbocycles. The standard InChI is InChI=1S/C21H31N3OS/c22-20-15-5-3-6-16(20)13-18(12-15)21(25)23-19-7-2-1-4-17(19)14-24-8-10-26-11-9-24/h1-2,4,7,15-16,18,20H,3,5-6,8-14,22H2,(H,23,25). The van der Waals surface area contributed by atoms with Crippen molar-refractivity contribution in [3.05, 3.63) is 29.8 Å². The SMILES string of the molecule is NC1C2CCCC1CC(C(=O)Nc1ccccc1CN1CCSCC1)C2. The van der Waals surface area contributed by atoms with Crippen LogP contribution in [0, 0.1) is 17.8 Å². The van der Waals surface area contributed by atoms with Crippen molar-refractivity contribution in [2.45, 2.75) is 44.7 Å². The number of nitrogens with zero attached hydrogens (tertiary/aromatic N) is 1. The summed E-state index contributed by atoms with van der Waals surface area (Å²) in [5, 5.41) is 3.26. The minimum absolute atomic E-state index is 0.129. The number of anilines is 1. The number of fused-ring (bicyclic) bond motifs is 2. The van der Waals surface area contributed by atoms with Crippen LogP contribution in [0.25, 0.3) is 0 Å². The summed E-state index contributed by atoms with van der Waals surface area (Å²) >= 11 is 2.03. The first kappa shape index (κ1) is 18.3. The van der Waals surface area contributed by atoms with Gasteiger partial charge in [-0.2, -0.15) is 11.8 Å². The maximum atomic E-state index is 13.0. The number of hydrogen-bond donors (Lipinski definition) is 2. The molecular formula is C21H31N3OS. The van der Waals surface area contributed by atoms with E-state index in [0.717, 1.165) is 38.2 Å². The van der Waals surface area contributed by atoms with Gasteiger partial charge in [0.15, 0.2) is 0 Å². The Hall–Kier alpha value is -1.04. The van der Waals surface area contributed by atoms with Gasteiger partial charge in [0.1, 0.15) is 0 Å². The fraction of sp³-hybridized carbons (Fsp3) is 0.667. The van der Waals surface area contributed by atoms with E-state index < -0.39 is 0 Å². The summed E-state index contributed by atoms with van der Waals surface area (Å²) in [4.78, 5) is 15.5. The molecule has 1 aromatic rings. The van der Waals surface area contributed by atoms with Crippen molar-refractivity contribution in [2.24, 2.45) is 23.5 Å². The molecule has 2 saturated carbocycles. The molecule has 1 saturated heterocycles. The third-order valence-electron chi connectivity index (χ3n) is 6.56. The largest absolute Gasteiger partial charge is 0.327 e. The summed E-state index contributed by atoms with van der Waals surface area (Å²) in [7, 11) is 0. The van der Waals surface area contributed by atoms with Gasteiger partial charge in [0, 0.05) is 48.8 Å². The normalized spacial score (nSPS) is 32.2. The van der Waals surface area contributed by atoms with Gasteiger partial charge >= 0.3 is 0 Å². The van der Waals surface area contributed by atoms with Crippen molar-refractivity contribution in [3.8, 4) is 0 Å². The van der Waals surface area contributed by atoms with E-state index in [1.165, 1.54) is 36.3 Å². The van der Waals surface area contributed by atoms with Gasteiger partial charge in [0.25, 0.3) is 0 Å². The number of para-hydroxylation sites is 1. The summed E-state index contributed by atoms with van der Waals surface area (Å²) in [5.74, 6) is 3.83. The maximum absolute atomic E-state index is 13.0. The van der Waals surface area contributed by atoms with Crippen molar-refractivity contribution in [1.29, 1.82) is 0 Å². The molecule has 0 radical (unpaired) electrons. The molecule has 5 heteroatoms. The number of thioether (sulfide) groups is 1. The number of carbonyl (C=O) groups excluding carboxylic acids is 1. The van der Waals surface area contributed by atoms with Crippen molar-refractivity contribution in [1.82, 2.24) is 4.90 Å². The first-order valence-corrected chi connectivity index (χ1v) is 11.3. The molecule has 3 aliphatic rings. The zero-order valence-corrected chi connectivity index (χ0v) is 16.3. The molecule has 2 unspecified atom stereocenters. The third-order valence-corrected chi connectivity index (χ3v) is 7.50. The van der Waals surface area contributed by atoms with Crippen LogP contribution in [0.5, 0.6) is 0 Å². The van der Waals surface area contributed by atoms with Gasteiger partial charge in [0.05, 0.1) is 0 Å². The number of hydrogen-bond acceptors (Lipinski definition) is 4. The first-order chi connectivity index (χ1) is 12.7. The van der Waals surface area contributed by atoms with Crippen molar-refractivity contribution in [2.75, 3.05) is 29.9 Å². The van der Waals surface area contributed by atoms with E-state index in [-0.39, 0.29) is 11.8 Å². The third kappa shape index (κ3) is 4.10. The summed E-state index contributed by atoms with van der Waals surface area (Å²) in [5.41, 5.74) is 8.62. The van der Waals surface area contributed by atoms with Crippen LogP contribution in [-0.4, -0.2) is 41.4 Å². The smallest absolute Gasteiger partial charge is 0.227 e. The van der Waals surface area contributed by atoms with Crippen LogP contribution in [-0.2, 0) is 11.3 Å². The van der Waals surface area contributed by atoms with E-state index in [4.69, 9.17) is 5.73 Å². The molecule has 3 N–H and O–H groups in total. The zero-order chi connectivity index (χ0) is 17.9. The molecule has 26 heavy (non-hydrogen) atoms. The molecule has 2 bridgehead atoms. The highest BCUT2D eigenvalue weighted by Gasteiger charge is 2.40. The van der Waals surface area contributed by atoms with Crippen molar-refractivity contribution < 1.29 is 4.79 Å². The molecule has 0 aromatic heterocycles. The molecule has 1 heterocycles. The fourth-order valence-corrected chi connectivity index (χ4v) is 6.00. The molecule has 3 fully saturated rings. The molecule has 4 rings (SSSR count). The van der Waals surface area contributed by atoms with E-state index in [2.05, 4.69) is 28.4 Å². The Balaban J connectivity index is 1.41. The maximum Gasteiger partial charge on any atom is 0.227 e. The van der Waals surface area contributed by atoms with Gasteiger partial charge in [-0.3, -0.25) is 9.69 Å².